The molecule has 3 aromatic carbocycles. The van der Waals surface area contributed by atoms with Gasteiger partial charge < -0.3 is 9.88 Å². The van der Waals surface area contributed by atoms with E-state index in [0.717, 1.165) is 30.0 Å². The number of rotatable bonds is 4. The first-order chi connectivity index (χ1) is 17.6. The van der Waals surface area contributed by atoms with Crippen molar-refractivity contribution in [1.82, 2.24) is 19.1 Å². The molecule has 1 aliphatic heterocycles. The van der Waals surface area contributed by atoms with Crippen LogP contribution in [0.5, 0.6) is 0 Å². The molecule has 1 N–H and O–H groups in total. The lowest BCUT2D eigenvalue weighted by Gasteiger charge is -2.12. The molecule has 0 aliphatic carbocycles. The van der Waals surface area contributed by atoms with Gasteiger partial charge in [0.25, 0.3) is 11.5 Å². The number of fused-ring (bicyclic) bond motifs is 2. The molecule has 0 atom stereocenters. The predicted molar refractivity (Wildman–Crippen MR) is 141 cm³/mol. The van der Waals surface area contributed by atoms with Crippen LogP contribution in [-0.4, -0.2) is 25.0 Å². The van der Waals surface area contributed by atoms with Crippen molar-refractivity contribution < 1.29 is 4.79 Å². The van der Waals surface area contributed by atoms with Crippen LogP contribution < -0.4 is 10.9 Å². The Balaban J connectivity index is 1.23. The van der Waals surface area contributed by atoms with Gasteiger partial charge in [0.05, 0.1) is 22.3 Å². The summed E-state index contributed by atoms with van der Waals surface area (Å²) in [6.45, 7) is 2.81. The van der Waals surface area contributed by atoms with Crippen molar-refractivity contribution in [3.05, 3.63) is 107 Å². The molecule has 0 radical (unpaired) electrons. The number of aryl methyl sites for hydroxylation is 3. The quantitative estimate of drug-likeness (QED) is 0.390. The van der Waals surface area contributed by atoms with Crippen LogP contribution in [0.1, 0.15) is 34.8 Å². The SMILES string of the molecule is Cc1nc2ccccc2c(=O)n1-c1ccc(C(=O)Nc2cccc(-c3cn4c(n3)CCCC4)c2)cc1. The van der Waals surface area contributed by atoms with Crippen LogP contribution in [0.4, 0.5) is 5.69 Å². The number of aromatic nitrogens is 4. The number of hydrogen-bond donors (Lipinski definition) is 1. The average Bonchev–Trinajstić information content (AvgIpc) is 3.34. The topological polar surface area (TPSA) is 81.8 Å². The lowest BCUT2D eigenvalue weighted by Crippen LogP contribution is -2.22. The van der Waals surface area contributed by atoms with E-state index in [2.05, 4.69) is 21.1 Å². The van der Waals surface area contributed by atoms with Crippen LogP contribution in [0.25, 0.3) is 27.8 Å². The van der Waals surface area contributed by atoms with E-state index in [1.54, 1.807) is 41.8 Å². The smallest absolute Gasteiger partial charge is 0.265 e. The van der Waals surface area contributed by atoms with E-state index in [1.807, 2.05) is 42.5 Å². The molecule has 0 unspecified atom stereocenters. The molecule has 2 aromatic heterocycles. The average molecular weight is 476 g/mol. The molecular formula is C29H25N5O2. The van der Waals surface area contributed by atoms with Gasteiger partial charge in [0.2, 0.25) is 0 Å². The summed E-state index contributed by atoms with van der Waals surface area (Å²) in [5.74, 6) is 1.50. The molecule has 3 heterocycles. The molecule has 1 aliphatic rings. The first-order valence-corrected chi connectivity index (χ1v) is 12.1. The molecule has 0 saturated carbocycles. The number of para-hydroxylation sites is 1. The standard InChI is InChI=1S/C29H25N5O2/c1-19-30-25-10-3-2-9-24(25)29(36)34(19)23-14-12-20(13-15-23)28(35)31-22-8-6-7-21(17-22)26-18-33-16-5-4-11-27(33)32-26/h2-3,6-10,12-15,17-18H,4-5,11,16H2,1H3,(H,31,35). The summed E-state index contributed by atoms with van der Waals surface area (Å²) in [6, 6.07) is 22.0. The predicted octanol–water partition coefficient (Wildman–Crippen LogP) is 5.15. The Morgan fingerprint density at radius 3 is 2.61 bits per heavy atom. The third-order valence-corrected chi connectivity index (χ3v) is 6.66. The molecule has 36 heavy (non-hydrogen) atoms. The highest BCUT2D eigenvalue weighted by Crippen LogP contribution is 2.25. The Morgan fingerprint density at radius 1 is 0.944 bits per heavy atom. The second kappa shape index (κ2) is 8.92. The van der Waals surface area contributed by atoms with Crippen molar-refractivity contribution >= 4 is 22.5 Å². The summed E-state index contributed by atoms with van der Waals surface area (Å²) in [5, 5.41) is 3.54. The summed E-state index contributed by atoms with van der Waals surface area (Å²) in [5.41, 5.74) is 4.32. The van der Waals surface area contributed by atoms with Gasteiger partial charge in [-0.2, -0.15) is 0 Å². The summed E-state index contributed by atoms with van der Waals surface area (Å²) in [4.78, 5) is 35.4. The van der Waals surface area contributed by atoms with Crippen molar-refractivity contribution in [2.24, 2.45) is 0 Å². The molecule has 178 valence electrons. The molecule has 7 nitrogen and oxygen atoms in total. The molecular weight excluding hydrogens is 450 g/mol. The van der Waals surface area contributed by atoms with Crippen LogP contribution >= 0.6 is 0 Å². The number of benzene rings is 3. The van der Waals surface area contributed by atoms with E-state index in [-0.39, 0.29) is 11.5 Å². The molecule has 0 saturated heterocycles. The van der Waals surface area contributed by atoms with E-state index < -0.39 is 0 Å². The number of imidazole rings is 1. The van der Waals surface area contributed by atoms with Gasteiger partial charge in [0.15, 0.2) is 0 Å². The van der Waals surface area contributed by atoms with Crippen molar-refractivity contribution in [2.75, 3.05) is 5.32 Å². The van der Waals surface area contributed by atoms with Gasteiger partial charge >= 0.3 is 0 Å². The Morgan fingerprint density at radius 2 is 1.78 bits per heavy atom. The molecule has 0 spiro atoms. The number of nitrogens with zero attached hydrogens (tertiary/aromatic N) is 4. The third-order valence-electron chi connectivity index (χ3n) is 6.66. The summed E-state index contributed by atoms with van der Waals surface area (Å²) in [7, 11) is 0. The number of anilines is 1. The second-order valence-corrected chi connectivity index (χ2v) is 9.09. The zero-order chi connectivity index (χ0) is 24.6. The van der Waals surface area contributed by atoms with Gasteiger partial charge in [-0.15, -0.1) is 0 Å². The maximum absolute atomic E-state index is 13.1. The van der Waals surface area contributed by atoms with E-state index in [1.165, 1.54) is 12.8 Å². The Kier molecular flexibility index (Phi) is 5.45. The molecule has 6 rings (SSSR count). The van der Waals surface area contributed by atoms with Crippen LogP contribution in [0.3, 0.4) is 0 Å². The number of amides is 1. The van der Waals surface area contributed by atoms with Crippen molar-refractivity contribution in [1.29, 1.82) is 0 Å². The molecule has 7 heteroatoms. The van der Waals surface area contributed by atoms with Crippen LogP contribution in [0.15, 0.2) is 83.8 Å². The maximum Gasteiger partial charge on any atom is 0.265 e. The lowest BCUT2D eigenvalue weighted by molar-refractivity contribution is 0.102. The third kappa shape index (κ3) is 3.98. The number of carbonyl (C=O) groups is 1. The summed E-state index contributed by atoms with van der Waals surface area (Å²) < 4.78 is 3.79. The number of nitrogens with one attached hydrogen (secondary N) is 1. The first kappa shape index (κ1) is 22.0. The maximum atomic E-state index is 13.1. The Labute approximate surface area is 208 Å². The number of hydrogen-bond acceptors (Lipinski definition) is 4. The van der Waals surface area contributed by atoms with Gasteiger partial charge in [-0.05, 0) is 68.3 Å². The zero-order valence-corrected chi connectivity index (χ0v) is 19.9. The first-order valence-electron chi connectivity index (χ1n) is 12.1. The van der Waals surface area contributed by atoms with Crippen LogP contribution in [0, 0.1) is 6.92 Å². The molecule has 0 bridgehead atoms. The minimum absolute atomic E-state index is 0.131. The van der Waals surface area contributed by atoms with E-state index in [4.69, 9.17) is 4.98 Å². The highest BCUT2D eigenvalue weighted by atomic mass is 16.1. The monoisotopic (exact) mass is 475 g/mol. The van der Waals surface area contributed by atoms with Crippen molar-refractivity contribution in [2.45, 2.75) is 32.7 Å². The molecule has 5 aromatic rings. The Bertz CT molecular complexity index is 1640. The molecule has 0 fully saturated rings. The van der Waals surface area contributed by atoms with Gasteiger partial charge in [-0.3, -0.25) is 14.2 Å². The number of carbonyl (C=O) groups excluding carboxylic acids is 1. The van der Waals surface area contributed by atoms with E-state index in [0.29, 0.717) is 33.7 Å². The fourth-order valence-corrected chi connectivity index (χ4v) is 4.82. The van der Waals surface area contributed by atoms with E-state index >= 15 is 0 Å². The minimum atomic E-state index is -0.219. The normalized spacial score (nSPS) is 12.9. The summed E-state index contributed by atoms with van der Waals surface area (Å²) in [6.07, 6.45) is 5.47. The minimum Gasteiger partial charge on any atom is -0.334 e. The highest BCUT2D eigenvalue weighted by molar-refractivity contribution is 6.04. The van der Waals surface area contributed by atoms with Gasteiger partial charge in [-0.1, -0.05) is 24.3 Å². The zero-order valence-electron chi connectivity index (χ0n) is 19.9. The van der Waals surface area contributed by atoms with Gasteiger partial charge in [-0.25, -0.2) is 9.97 Å². The largest absolute Gasteiger partial charge is 0.334 e. The second-order valence-electron chi connectivity index (χ2n) is 9.09. The van der Waals surface area contributed by atoms with Gasteiger partial charge in [0.1, 0.15) is 11.6 Å². The Hall–Kier alpha value is -4.52. The molecule has 1 amide bonds. The van der Waals surface area contributed by atoms with Crippen LogP contribution in [-0.2, 0) is 13.0 Å². The van der Waals surface area contributed by atoms with Crippen molar-refractivity contribution in [3.8, 4) is 16.9 Å². The van der Waals surface area contributed by atoms with Crippen molar-refractivity contribution in [3.63, 3.8) is 0 Å². The fraction of sp³-hybridized carbons (Fsp3) is 0.172. The van der Waals surface area contributed by atoms with Crippen LogP contribution in [0.2, 0.25) is 0 Å². The highest BCUT2D eigenvalue weighted by Gasteiger charge is 2.15. The summed E-state index contributed by atoms with van der Waals surface area (Å²) >= 11 is 0. The van der Waals surface area contributed by atoms with E-state index in [9.17, 15) is 9.59 Å². The van der Waals surface area contributed by atoms with Gasteiger partial charge in [0, 0.05) is 36.0 Å². The lowest BCUT2D eigenvalue weighted by atomic mass is 10.1. The fourth-order valence-electron chi connectivity index (χ4n) is 4.82.